The Morgan fingerprint density at radius 1 is 1.35 bits per heavy atom. The van der Waals surface area contributed by atoms with E-state index in [2.05, 4.69) is 24.0 Å². The van der Waals surface area contributed by atoms with Gasteiger partial charge >= 0.3 is 0 Å². The molecule has 17 heavy (non-hydrogen) atoms. The molecule has 0 amide bonds. The Bertz CT molecular complexity index is 548. The number of nitrogens with two attached hydrogens (primary N) is 1. The van der Waals surface area contributed by atoms with Crippen molar-refractivity contribution in [3.05, 3.63) is 44.9 Å². The molecule has 0 spiro atoms. The Morgan fingerprint density at radius 3 is 2.59 bits per heavy atom. The Labute approximate surface area is 110 Å². The minimum absolute atomic E-state index is 0.234. The summed E-state index contributed by atoms with van der Waals surface area (Å²) >= 11 is 7.82. The zero-order chi connectivity index (χ0) is 12.6. The number of hydrogen-bond acceptors (Lipinski definition) is 3. The number of halogens is 1. The molecule has 0 aliphatic carbocycles. The maximum atomic E-state index is 6.29. The molecular formula is C13H15ClN2S. The van der Waals surface area contributed by atoms with Crippen LogP contribution < -0.4 is 5.73 Å². The molecule has 2 nitrogen and oxygen atoms in total. The van der Waals surface area contributed by atoms with E-state index < -0.39 is 0 Å². The van der Waals surface area contributed by atoms with Gasteiger partial charge in [-0.2, -0.15) is 0 Å². The number of rotatable bonds is 2. The van der Waals surface area contributed by atoms with Crippen molar-refractivity contribution in [3.8, 4) is 0 Å². The fourth-order valence-corrected chi connectivity index (χ4v) is 3.26. The van der Waals surface area contributed by atoms with Gasteiger partial charge in [0.15, 0.2) is 5.13 Å². The molecule has 4 heteroatoms. The van der Waals surface area contributed by atoms with Crippen molar-refractivity contribution in [2.45, 2.75) is 26.7 Å². The van der Waals surface area contributed by atoms with Crippen LogP contribution in [0.5, 0.6) is 0 Å². The summed E-state index contributed by atoms with van der Waals surface area (Å²) in [6.07, 6.45) is 0. The molecule has 0 saturated carbocycles. The number of nitrogens with zero attached hydrogens (tertiary/aromatic N) is 1. The summed E-state index contributed by atoms with van der Waals surface area (Å²) < 4.78 is 0. The van der Waals surface area contributed by atoms with Crippen LogP contribution in [0.1, 0.15) is 34.5 Å². The average molecular weight is 267 g/mol. The lowest BCUT2D eigenvalue weighted by atomic mass is 9.97. The molecule has 1 atom stereocenters. The van der Waals surface area contributed by atoms with E-state index in [9.17, 15) is 0 Å². The Kier molecular flexibility index (Phi) is 3.40. The van der Waals surface area contributed by atoms with E-state index in [0.717, 1.165) is 16.3 Å². The normalized spacial score (nSPS) is 12.7. The first kappa shape index (κ1) is 12.4. The van der Waals surface area contributed by atoms with E-state index in [0.29, 0.717) is 5.13 Å². The van der Waals surface area contributed by atoms with Crippen LogP contribution in [0.3, 0.4) is 0 Å². The van der Waals surface area contributed by atoms with Crippen LogP contribution in [0.2, 0.25) is 5.02 Å². The molecule has 0 radical (unpaired) electrons. The van der Waals surface area contributed by atoms with Crippen molar-refractivity contribution < 1.29 is 0 Å². The molecule has 2 aromatic rings. The average Bonchev–Trinajstić information content (AvgIpc) is 2.57. The summed E-state index contributed by atoms with van der Waals surface area (Å²) in [6.45, 7) is 6.16. The van der Waals surface area contributed by atoms with Crippen molar-refractivity contribution in [1.82, 2.24) is 4.98 Å². The number of benzene rings is 1. The number of thiazole rings is 1. The molecule has 1 unspecified atom stereocenters. The Morgan fingerprint density at radius 2 is 2.06 bits per heavy atom. The molecule has 1 aromatic heterocycles. The van der Waals surface area contributed by atoms with Crippen molar-refractivity contribution in [2.24, 2.45) is 0 Å². The number of anilines is 1. The highest BCUT2D eigenvalue weighted by Gasteiger charge is 2.17. The number of aromatic nitrogens is 1. The second-order valence-electron chi connectivity index (χ2n) is 4.25. The highest BCUT2D eigenvalue weighted by Crippen LogP contribution is 2.35. The summed E-state index contributed by atoms with van der Waals surface area (Å²) in [4.78, 5) is 5.45. The predicted molar refractivity (Wildman–Crippen MR) is 75.0 cm³/mol. The molecule has 0 fully saturated rings. The molecule has 2 rings (SSSR count). The first-order valence-electron chi connectivity index (χ1n) is 5.48. The highest BCUT2D eigenvalue weighted by atomic mass is 35.5. The topological polar surface area (TPSA) is 38.9 Å². The third kappa shape index (κ3) is 2.45. The van der Waals surface area contributed by atoms with Gasteiger partial charge in [-0.05, 0) is 31.0 Å². The lowest BCUT2D eigenvalue weighted by Crippen LogP contribution is -1.97. The van der Waals surface area contributed by atoms with E-state index in [-0.39, 0.29) is 5.92 Å². The quantitative estimate of drug-likeness (QED) is 0.887. The van der Waals surface area contributed by atoms with Crippen LogP contribution in [0.25, 0.3) is 0 Å². The highest BCUT2D eigenvalue weighted by molar-refractivity contribution is 7.15. The summed E-state index contributed by atoms with van der Waals surface area (Å²) in [5.74, 6) is 0.234. The standard InChI is InChI=1S/C13H15ClN2S/c1-7-4-5-10(11(14)6-7)8(2)12-9(3)16-13(15)17-12/h4-6,8H,1-3H3,(H2,15,16). The Hall–Kier alpha value is -1.06. The molecule has 2 N–H and O–H groups in total. The molecule has 1 aromatic carbocycles. The van der Waals surface area contributed by atoms with Crippen LogP contribution in [0, 0.1) is 13.8 Å². The van der Waals surface area contributed by atoms with Gasteiger partial charge in [-0.15, -0.1) is 11.3 Å². The van der Waals surface area contributed by atoms with Gasteiger partial charge in [-0.3, -0.25) is 0 Å². The summed E-state index contributed by atoms with van der Waals surface area (Å²) in [5, 5.41) is 1.43. The van der Waals surface area contributed by atoms with Gasteiger partial charge in [0.2, 0.25) is 0 Å². The SMILES string of the molecule is Cc1ccc(C(C)c2sc(N)nc2C)c(Cl)c1. The van der Waals surface area contributed by atoms with Gasteiger partial charge in [-0.25, -0.2) is 4.98 Å². The Balaban J connectivity index is 2.43. The van der Waals surface area contributed by atoms with Gasteiger partial charge in [0.05, 0.1) is 5.69 Å². The molecular weight excluding hydrogens is 252 g/mol. The lowest BCUT2D eigenvalue weighted by Gasteiger charge is -2.13. The third-order valence-electron chi connectivity index (χ3n) is 2.86. The van der Waals surface area contributed by atoms with Crippen molar-refractivity contribution in [3.63, 3.8) is 0 Å². The predicted octanol–water partition coefficient (Wildman–Crippen LogP) is 4.15. The molecule has 0 saturated heterocycles. The first-order valence-corrected chi connectivity index (χ1v) is 6.67. The fourth-order valence-electron chi connectivity index (χ4n) is 1.96. The van der Waals surface area contributed by atoms with Crippen molar-refractivity contribution >= 4 is 28.1 Å². The van der Waals surface area contributed by atoms with Gasteiger partial charge in [0.25, 0.3) is 0 Å². The molecule has 0 aliphatic rings. The van der Waals surface area contributed by atoms with Crippen LogP contribution in [0.4, 0.5) is 5.13 Å². The number of hydrogen-bond donors (Lipinski definition) is 1. The monoisotopic (exact) mass is 266 g/mol. The van der Waals surface area contributed by atoms with Crippen LogP contribution in [-0.4, -0.2) is 4.98 Å². The van der Waals surface area contributed by atoms with E-state index in [1.807, 2.05) is 19.9 Å². The van der Waals surface area contributed by atoms with E-state index in [4.69, 9.17) is 17.3 Å². The number of nitrogen functional groups attached to an aromatic ring is 1. The van der Waals surface area contributed by atoms with Gasteiger partial charge in [0, 0.05) is 15.8 Å². The molecule has 0 bridgehead atoms. The van der Waals surface area contributed by atoms with Gasteiger partial charge < -0.3 is 5.73 Å². The van der Waals surface area contributed by atoms with Gasteiger partial charge in [0.1, 0.15) is 0 Å². The molecule has 1 heterocycles. The smallest absolute Gasteiger partial charge is 0.180 e. The van der Waals surface area contributed by atoms with Crippen molar-refractivity contribution in [2.75, 3.05) is 5.73 Å². The first-order chi connectivity index (χ1) is 7.99. The van der Waals surface area contributed by atoms with E-state index in [1.165, 1.54) is 21.8 Å². The van der Waals surface area contributed by atoms with Gasteiger partial charge in [-0.1, -0.05) is 30.7 Å². The fraction of sp³-hybridized carbons (Fsp3) is 0.308. The second kappa shape index (κ2) is 4.67. The minimum Gasteiger partial charge on any atom is -0.375 e. The van der Waals surface area contributed by atoms with Crippen LogP contribution in [-0.2, 0) is 0 Å². The molecule has 0 aliphatic heterocycles. The van der Waals surface area contributed by atoms with Crippen LogP contribution >= 0.6 is 22.9 Å². The third-order valence-corrected chi connectivity index (χ3v) is 4.36. The zero-order valence-electron chi connectivity index (χ0n) is 10.1. The van der Waals surface area contributed by atoms with E-state index >= 15 is 0 Å². The van der Waals surface area contributed by atoms with Crippen molar-refractivity contribution in [1.29, 1.82) is 0 Å². The largest absolute Gasteiger partial charge is 0.375 e. The lowest BCUT2D eigenvalue weighted by molar-refractivity contribution is 0.926. The second-order valence-corrected chi connectivity index (χ2v) is 5.72. The molecule has 90 valence electrons. The van der Waals surface area contributed by atoms with Crippen LogP contribution in [0.15, 0.2) is 18.2 Å². The maximum absolute atomic E-state index is 6.29. The zero-order valence-corrected chi connectivity index (χ0v) is 11.7. The maximum Gasteiger partial charge on any atom is 0.180 e. The minimum atomic E-state index is 0.234. The summed E-state index contributed by atoms with van der Waals surface area (Å²) in [7, 11) is 0. The number of aryl methyl sites for hydroxylation is 2. The summed E-state index contributed by atoms with van der Waals surface area (Å²) in [6, 6.07) is 6.15. The summed E-state index contributed by atoms with van der Waals surface area (Å²) in [5.41, 5.74) is 9.03. The van der Waals surface area contributed by atoms with E-state index in [1.54, 1.807) is 0 Å².